The Morgan fingerprint density at radius 3 is 2.76 bits per heavy atom. The van der Waals surface area contributed by atoms with E-state index in [0.29, 0.717) is 22.2 Å². The Morgan fingerprint density at radius 1 is 1.20 bits per heavy atom. The van der Waals surface area contributed by atoms with Gasteiger partial charge in [0.05, 0.1) is 21.3 Å². The lowest BCUT2D eigenvalue weighted by molar-refractivity contribution is -0.121. The Kier molecular flexibility index (Phi) is 5.31. The molecule has 1 heterocycles. The first-order chi connectivity index (χ1) is 12.1. The Morgan fingerprint density at radius 2 is 2.00 bits per heavy atom. The van der Waals surface area contributed by atoms with Gasteiger partial charge in [-0.2, -0.15) is 5.10 Å². The molecule has 1 amide bonds. The molecule has 0 atom stereocenters. The van der Waals surface area contributed by atoms with Gasteiger partial charge in [-0.15, -0.1) is 5.10 Å². The molecule has 0 saturated heterocycles. The summed E-state index contributed by atoms with van der Waals surface area (Å²) < 4.78 is 1.53. The van der Waals surface area contributed by atoms with Crippen LogP contribution in [-0.4, -0.2) is 26.6 Å². The molecule has 0 radical (unpaired) electrons. The van der Waals surface area contributed by atoms with Crippen LogP contribution in [0.4, 0.5) is 0 Å². The molecule has 1 aromatic heterocycles. The number of halogens is 2. The number of aromatic nitrogens is 3. The quantitative estimate of drug-likeness (QED) is 0.546. The first kappa shape index (κ1) is 17.4. The molecular weight excluding hydrogens is 361 g/mol. The molecule has 6 nitrogen and oxygen atoms in total. The average molecular weight is 376 g/mol. The minimum atomic E-state index is -0.290. The van der Waals surface area contributed by atoms with Gasteiger partial charge >= 0.3 is 0 Å². The lowest BCUT2D eigenvalue weighted by atomic mass is 10.1. The van der Waals surface area contributed by atoms with E-state index < -0.39 is 0 Å². The molecule has 0 saturated carbocycles. The number of hydrogen-bond donors (Lipinski definition) is 1. The number of para-hydroxylation sites is 1. The normalized spacial score (nSPS) is 11.7. The molecule has 25 heavy (non-hydrogen) atoms. The van der Waals surface area contributed by atoms with Gasteiger partial charge in [0, 0.05) is 0 Å². The third kappa shape index (κ3) is 3.97. The second-order valence-corrected chi connectivity index (χ2v) is 6.13. The fourth-order valence-electron chi connectivity index (χ4n) is 2.36. The van der Waals surface area contributed by atoms with Gasteiger partial charge in [0.15, 0.2) is 0 Å². The van der Waals surface area contributed by atoms with Crippen molar-refractivity contribution in [1.82, 2.24) is 20.4 Å². The average Bonchev–Trinajstić information content (AvgIpc) is 3.01. The third-order valence-electron chi connectivity index (χ3n) is 3.62. The van der Waals surface area contributed by atoms with Crippen molar-refractivity contribution in [2.45, 2.75) is 19.9 Å². The van der Waals surface area contributed by atoms with E-state index in [1.807, 2.05) is 37.3 Å². The standard InChI is InChI=1S/C17H15Cl2N5O/c1-2-14(11-7-8-12(18)13(19)9-11)20-22-17(25)10-24-16-6-4-3-5-15(16)21-23-24/h3-9H,2,10H2,1H3,(H,22,25)/b20-14-. The third-order valence-corrected chi connectivity index (χ3v) is 4.36. The predicted molar refractivity (Wildman–Crippen MR) is 99.0 cm³/mol. The van der Waals surface area contributed by atoms with Crippen LogP contribution in [0.25, 0.3) is 11.0 Å². The van der Waals surface area contributed by atoms with Crippen LogP contribution < -0.4 is 5.43 Å². The van der Waals surface area contributed by atoms with Crippen molar-refractivity contribution in [2.75, 3.05) is 0 Å². The molecule has 0 fully saturated rings. The number of hydrogen-bond acceptors (Lipinski definition) is 4. The zero-order valence-electron chi connectivity index (χ0n) is 13.4. The molecule has 0 aliphatic heterocycles. The predicted octanol–water partition coefficient (Wildman–Crippen LogP) is 3.67. The number of amides is 1. The summed E-state index contributed by atoms with van der Waals surface area (Å²) in [7, 11) is 0. The number of nitrogens with one attached hydrogen (secondary N) is 1. The number of benzene rings is 2. The largest absolute Gasteiger partial charge is 0.271 e. The molecule has 1 N–H and O–H groups in total. The lowest BCUT2D eigenvalue weighted by Crippen LogP contribution is -2.25. The van der Waals surface area contributed by atoms with Crippen LogP contribution >= 0.6 is 23.2 Å². The number of rotatable bonds is 5. The van der Waals surface area contributed by atoms with Gasteiger partial charge in [-0.3, -0.25) is 4.79 Å². The molecule has 0 aliphatic rings. The minimum absolute atomic E-state index is 0.0301. The Bertz CT molecular complexity index is 951. The second-order valence-electron chi connectivity index (χ2n) is 5.31. The molecule has 0 aliphatic carbocycles. The van der Waals surface area contributed by atoms with Gasteiger partial charge < -0.3 is 0 Å². The van der Waals surface area contributed by atoms with Crippen molar-refractivity contribution < 1.29 is 4.79 Å². The van der Waals surface area contributed by atoms with Crippen LogP contribution in [0.3, 0.4) is 0 Å². The van der Waals surface area contributed by atoms with E-state index in [9.17, 15) is 4.79 Å². The van der Waals surface area contributed by atoms with Crippen molar-refractivity contribution in [3.05, 3.63) is 58.1 Å². The fraction of sp³-hybridized carbons (Fsp3) is 0.176. The van der Waals surface area contributed by atoms with Crippen LogP contribution in [0.1, 0.15) is 18.9 Å². The van der Waals surface area contributed by atoms with Gasteiger partial charge in [-0.25, -0.2) is 10.1 Å². The maximum absolute atomic E-state index is 12.2. The molecule has 2 aromatic carbocycles. The maximum Gasteiger partial charge on any atom is 0.261 e. The zero-order chi connectivity index (χ0) is 17.8. The summed E-state index contributed by atoms with van der Waals surface area (Å²) in [5.41, 5.74) is 5.60. The van der Waals surface area contributed by atoms with Gasteiger partial charge in [0.25, 0.3) is 5.91 Å². The van der Waals surface area contributed by atoms with Gasteiger partial charge in [0.1, 0.15) is 12.1 Å². The lowest BCUT2D eigenvalue weighted by Gasteiger charge is -2.07. The van der Waals surface area contributed by atoms with E-state index in [-0.39, 0.29) is 12.5 Å². The van der Waals surface area contributed by atoms with Crippen LogP contribution in [0, 0.1) is 0 Å². The van der Waals surface area contributed by atoms with Crippen molar-refractivity contribution in [2.24, 2.45) is 5.10 Å². The Hall–Kier alpha value is -2.44. The van der Waals surface area contributed by atoms with E-state index in [0.717, 1.165) is 16.6 Å². The van der Waals surface area contributed by atoms with Crippen LogP contribution in [0.2, 0.25) is 10.0 Å². The smallest absolute Gasteiger partial charge is 0.261 e. The van der Waals surface area contributed by atoms with E-state index in [1.54, 1.807) is 12.1 Å². The van der Waals surface area contributed by atoms with Crippen molar-refractivity contribution >= 4 is 45.9 Å². The first-order valence-corrected chi connectivity index (χ1v) is 8.43. The number of carbonyl (C=O) groups is 1. The molecule has 0 spiro atoms. The summed E-state index contributed by atoms with van der Waals surface area (Å²) in [6.07, 6.45) is 0.629. The van der Waals surface area contributed by atoms with E-state index in [2.05, 4.69) is 20.8 Å². The van der Waals surface area contributed by atoms with Crippen LogP contribution in [-0.2, 0) is 11.3 Å². The highest BCUT2D eigenvalue weighted by molar-refractivity contribution is 6.42. The molecule has 3 aromatic rings. The van der Waals surface area contributed by atoms with Crippen LogP contribution in [0.5, 0.6) is 0 Å². The van der Waals surface area contributed by atoms with Crippen LogP contribution in [0.15, 0.2) is 47.6 Å². The molecule has 128 valence electrons. The summed E-state index contributed by atoms with van der Waals surface area (Å²) in [6.45, 7) is 1.97. The summed E-state index contributed by atoms with van der Waals surface area (Å²) in [4.78, 5) is 12.2. The SMILES string of the molecule is CC/C(=N/NC(=O)Cn1nnc2ccccc21)c1ccc(Cl)c(Cl)c1. The fourth-order valence-corrected chi connectivity index (χ4v) is 2.66. The van der Waals surface area contributed by atoms with E-state index in [1.165, 1.54) is 4.68 Å². The van der Waals surface area contributed by atoms with E-state index >= 15 is 0 Å². The topological polar surface area (TPSA) is 72.2 Å². The molecule has 0 unspecified atom stereocenters. The molecule has 0 bridgehead atoms. The van der Waals surface area contributed by atoms with Gasteiger partial charge in [-0.1, -0.05) is 53.5 Å². The number of fused-ring (bicyclic) bond motifs is 1. The summed E-state index contributed by atoms with van der Waals surface area (Å²) in [5.74, 6) is -0.290. The molecule has 8 heteroatoms. The maximum atomic E-state index is 12.2. The van der Waals surface area contributed by atoms with Crippen molar-refractivity contribution in [3.8, 4) is 0 Å². The van der Waals surface area contributed by atoms with Crippen molar-refractivity contribution in [3.63, 3.8) is 0 Å². The number of nitrogens with zero attached hydrogens (tertiary/aromatic N) is 4. The van der Waals surface area contributed by atoms with Gasteiger partial charge in [-0.05, 0) is 36.2 Å². The number of hydrazone groups is 1. The summed E-state index contributed by atoms with van der Waals surface area (Å²) in [6, 6.07) is 12.7. The molecular formula is C17H15Cl2N5O. The highest BCUT2D eigenvalue weighted by atomic mass is 35.5. The van der Waals surface area contributed by atoms with Crippen molar-refractivity contribution in [1.29, 1.82) is 0 Å². The minimum Gasteiger partial charge on any atom is -0.271 e. The summed E-state index contributed by atoms with van der Waals surface area (Å²) >= 11 is 12.0. The van der Waals surface area contributed by atoms with Gasteiger partial charge in [0.2, 0.25) is 0 Å². The first-order valence-electron chi connectivity index (χ1n) is 7.67. The summed E-state index contributed by atoms with van der Waals surface area (Å²) in [5, 5.41) is 13.1. The monoisotopic (exact) mass is 375 g/mol. The number of carbonyl (C=O) groups excluding carboxylic acids is 1. The molecule has 3 rings (SSSR count). The second kappa shape index (κ2) is 7.63. The Balaban J connectivity index is 1.73. The zero-order valence-corrected chi connectivity index (χ0v) is 14.9. The Labute approximate surface area is 154 Å². The van der Waals surface area contributed by atoms with E-state index in [4.69, 9.17) is 23.2 Å². The highest BCUT2D eigenvalue weighted by Gasteiger charge is 2.09. The highest BCUT2D eigenvalue weighted by Crippen LogP contribution is 2.23.